The number of hydrogen-bond donors (Lipinski definition) is 0. The molecule has 0 saturated heterocycles. The molecule has 1 atom stereocenters. The van der Waals surface area contributed by atoms with Crippen molar-refractivity contribution in [3.63, 3.8) is 0 Å². The second-order valence-electron chi connectivity index (χ2n) is 12.0. The van der Waals surface area contributed by atoms with Crippen LogP contribution < -0.4 is 4.74 Å². The molecule has 0 amide bonds. The molecule has 2 fully saturated rings. The van der Waals surface area contributed by atoms with Crippen LogP contribution in [0.1, 0.15) is 129 Å². The van der Waals surface area contributed by atoms with Gasteiger partial charge in [-0.05, 0) is 92.7 Å². The minimum Gasteiger partial charge on any atom is -0.486 e. The van der Waals surface area contributed by atoms with E-state index in [4.69, 9.17) is 4.74 Å². The summed E-state index contributed by atoms with van der Waals surface area (Å²) < 4.78 is 6.40. The smallest absolute Gasteiger partial charge is 0.120 e. The summed E-state index contributed by atoms with van der Waals surface area (Å²) in [4.78, 5) is 0. The Kier molecular flexibility index (Phi) is 13.8. The van der Waals surface area contributed by atoms with E-state index in [1.807, 2.05) is 6.08 Å². The summed E-state index contributed by atoms with van der Waals surface area (Å²) in [7, 11) is 0. The molecular weight excluding hydrogens is 436 g/mol. The molecule has 0 radical (unpaired) electrons. The van der Waals surface area contributed by atoms with Crippen LogP contribution in [-0.4, -0.2) is 6.10 Å². The van der Waals surface area contributed by atoms with Gasteiger partial charge < -0.3 is 4.74 Å². The van der Waals surface area contributed by atoms with Crippen molar-refractivity contribution in [2.24, 2.45) is 23.7 Å². The molecule has 0 aromatic heterocycles. The first kappa shape index (κ1) is 29.1. The monoisotopic (exact) mass is 492 g/mol. The third kappa shape index (κ3) is 10.5. The van der Waals surface area contributed by atoms with Crippen molar-refractivity contribution in [3.8, 4) is 5.75 Å². The lowest BCUT2D eigenvalue weighted by Gasteiger charge is -2.32. The first-order valence-electron chi connectivity index (χ1n) is 15.8. The molecule has 1 unspecified atom stereocenters. The number of hydrogen-bond acceptors (Lipinski definition) is 1. The number of ether oxygens (including phenoxy) is 1. The highest BCUT2D eigenvalue weighted by Gasteiger charge is 2.27. The van der Waals surface area contributed by atoms with Gasteiger partial charge in [0.05, 0.1) is 0 Å². The van der Waals surface area contributed by atoms with Gasteiger partial charge in [0.25, 0.3) is 0 Å². The summed E-state index contributed by atoms with van der Waals surface area (Å²) in [6, 6.07) is 8.86. The van der Waals surface area contributed by atoms with Gasteiger partial charge in [0.1, 0.15) is 11.9 Å². The fraction of sp³-hybridized carbons (Fsp3) is 0.714. The SMILES string of the molecule is C=CC(Oc1ccc(CCC=CC2CCC(CCCCC)CC2)cc1)C1CCC(CCCCC)CC1. The van der Waals surface area contributed by atoms with Gasteiger partial charge in [0, 0.05) is 0 Å². The van der Waals surface area contributed by atoms with Crippen molar-refractivity contribution in [1.29, 1.82) is 0 Å². The number of allylic oxidation sites excluding steroid dienone is 2. The third-order valence-electron chi connectivity index (χ3n) is 9.12. The van der Waals surface area contributed by atoms with E-state index in [0.717, 1.165) is 36.3 Å². The predicted molar refractivity (Wildman–Crippen MR) is 158 cm³/mol. The molecule has 36 heavy (non-hydrogen) atoms. The first-order valence-corrected chi connectivity index (χ1v) is 15.8. The average Bonchev–Trinajstić information content (AvgIpc) is 2.92. The molecule has 3 rings (SSSR count). The van der Waals surface area contributed by atoms with E-state index in [1.165, 1.54) is 108 Å². The van der Waals surface area contributed by atoms with Gasteiger partial charge in [-0.25, -0.2) is 0 Å². The Hall–Kier alpha value is -1.50. The molecule has 0 N–H and O–H groups in total. The van der Waals surface area contributed by atoms with E-state index in [0.29, 0.717) is 5.92 Å². The molecule has 1 nitrogen and oxygen atoms in total. The van der Waals surface area contributed by atoms with Crippen LogP contribution >= 0.6 is 0 Å². The minimum atomic E-state index is 0.150. The largest absolute Gasteiger partial charge is 0.486 e. The van der Waals surface area contributed by atoms with E-state index >= 15 is 0 Å². The van der Waals surface area contributed by atoms with Crippen LogP contribution in [0.15, 0.2) is 49.1 Å². The number of benzene rings is 1. The maximum absolute atomic E-state index is 6.40. The second-order valence-corrected chi connectivity index (χ2v) is 12.0. The lowest BCUT2D eigenvalue weighted by Crippen LogP contribution is -2.29. The molecular formula is C35H56O. The molecule has 202 valence electrons. The van der Waals surface area contributed by atoms with Gasteiger partial charge >= 0.3 is 0 Å². The summed E-state index contributed by atoms with van der Waals surface area (Å²) >= 11 is 0. The Morgan fingerprint density at radius 3 is 1.94 bits per heavy atom. The van der Waals surface area contributed by atoms with Crippen LogP contribution in [0, 0.1) is 23.7 Å². The molecule has 2 saturated carbocycles. The van der Waals surface area contributed by atoms with Crippen molar-refractivity contribution in [2.45, 2.75) is 136 Å². The maximum Gasteiger partial charge on any atom is 0.120 e. The fourth-order valence-corrected chi connectivity index (χ4v) is 6.61. The molecule has 1 heteroatoms. The van der Waals surface area contributed by atoms with Crippen molar-refractivity contribution >= 4 is 0 Å². The minimum absolute atomic E-state index is 0.150. The summed E-state index contributed by atoms with van der Waals surface area (Å²) in [6.07, 6.45) is 31.7. The van der Waals surface area contributed by atoms with Crippen LogP contribution in [0.3, 0.4) is 0 Å². The average molecular weight is 493 g/mol. The Morgan fingerprint density at radius 1 is 0.806 bits per heavy atom. The van der Waals surface area contributed by atoms with Crippen molar-refractivity contribution in [3.05, 3.63) is 54.6 Å². The standard InChI is InChI=1S/C35H56O/c1-4-7-9-13-29-17-19-30(20-18-29)15-11-12-16-32-23-27-34(28-24-32)36-35(6-3)33-25-21-31(22-26-33)14-10-8-5-2/h6,11,15,23-24,27-31,33,35H,3-5,7-10,12-14,16-22,25-26H2,1-2H3. The van der Waals surface area contributed by atoms with Crippen molar-refractivity contribution < 1.29 is 4.74 Å². The summed E-state index contributed by atoms with van der Waals surface area (Å²) in [5.74, 6) is 4.40. The topological polar surface area (TPSA) is 9.23 Å². The normalized spacial score (nSPS) is 25.6. The van der Waals surface area contributed by atoms with Gasteiger partial charge in [0.15, 0.2) is 0 Å². The molecule has 0 aliphatic heterocycles. The van der Waals surface area contributed by atoms with E-state index in [1.54, 1.807) is 0 Å². The number of aryl methyl sites for hydroxylation is 1. The zero-order valence-corrected chi connectivity index (χ0v) is 23.8. The molecule has 1 aromatic rings. The van der Waals surface area contributed by atoms with Gasteiger partial charge in [-0.15, -0.1) is 0 Å². The van der Waals surface area contributed by atoms with Gasteiger partial charge in [0.2, 0.25) is 0 Å². The maximum atomic E-state index is 6.40. The van der Waals surface area contributed by atoms with E-state index in [2.05, 4.69) is 56.8 Å². The second kappa shape index (κ2) is 17.1. The quantitative estimate of drug-likeness (QED) is 0.165. The fourth-order valence-electron chi connectivity index (χ4n) is 6.61. The number of unbranched alkanes of at least 4 members (excludes halogenated alkanes) is 4. The Morgan fingerprint density at radius 2 is 1.39 bits per heavy atom. The van der Waals surface area contributed by atoms with Crippen LogP contribution in [0.4, 0.5) is 0 Å². The summed E-state index contributed by atoms with van der Waals surface area (Å²) in [5, 5.41) is 0. The van der Waals surface area contributed by atoms with E-state index in [9.17, 15) is 0 Å². The molecule has 0 heterocycles. The Labute approximate surface area is 224 Å². The first-order chi connectivity index (χ1) is 17.7. The highest BCUT2D eigenvalue weighted by atomic mass is 16.5. The Balaban J connectivity index is 1.33. The van der Waals surface area contributed by atoms with Crippen LogP contribution in [0.25, 0.3) is 0 Å². The van der Waals surface area contributed by atoms with Crippen LogP contribution in [-0.2, 0) is 6.42 Å². The predicted octanol–water partition coefficient (Wildman–Crippen LogP) is 10.9. The number of rotatable bonds is 16. The van der Waals surface area contributed by atoms with Crippen molar-refractivity contribution in [2.75, 3.05) is 0 Å². The summed E-state index contributed by atoms with van der Waals surface area (Å²) in [5.41, 5.74) is 1.41. The van der Waals surface area contributed by atoms with E-state index < -0.39 is 0 Å². The molecule has 2 aliphatic carbocycles. The summed E-state index contributed by atoms with van der Waals surface area (Å²) in [6.45, 7) is 8.71. The zero-order chi connectivity index (χ0) is 25.4. The molecule has 0 bridgehead atoms. The third-order valence-corrected chi connectivity index (χ3v) is 9.12. The van der Waals surface area contributed by atoms with Gasteiger partial charge in [-0.1, -0.05) is 115 Å². The van der Waals surface area contributed by atoms with Gasteiger partial charge in [-0.3, -0.25) is 0 Å². The highest BCUT2D eigenvalue weighted by molar-refractivity contribution is 5.28. The van der Waals surface area contributed by atoms with Crippen LogP contribution in [0.2, 0.25) is 0 Å². The lowest BCUT2D eigenvalue weighted by atomic mass is 9.77. The van der Waals surface area contributed by atoms with Crippen LogP contribution in [0.5, 0.6) is 5.75 Å². The van der Waals surface area contributed by atoms with Gasteiger partial charge in [-0.2, -0.15) is 0 Å². The van der Waals surface area contributed by atoms with Crippen molar-refractivity contribution in [1.82, 2.24) is 0 Å². The van der Waals surface area contributed by atoms with E-state index in [-0.39, 0.29) is 6.10 Å². The highest BCUT2D eigenvalue weighted by Crippen LogP contribution is 2.36. The molecule has 1 aromatic carbocycles. The zero-order valence-electron chi connectivity index (χ0n) is 23.8. The lowest BCUT2D eigenvalue weighted by molar-refractivity contribution is 0.127. The molecule has 0 spiro atoms. The Bertz CT molecular complexity index is 716. The molecule has 2 aliphatic rings.